The fraction of sp³-hybridized carbons (Fsp3) is 0.381. The first-order valence-corrected chi connectivity index (χ1v) is 10.7. The van der Waals surface area contributed by atoms with Gasteiger partial charge in [-0.05, 0) is 30.2 Å². The second-order valence-electron chi connectivity index (χ2n) is 6.33. The molecule has 0 aromatic heterocycles. The minimum absolute atomic E-state index is 0.230. The number of guanidine groups is 1. The first kappa shape index (κ1) is 21.9. The Labute approximate surface area is 169 Å². The molecule has 1 unspecified atom stereocenters. The molecule has 7 heteroatoms. The van der Waals surface area contributed by atoms with E-state index in [-0.39, 0.29) is 11.6 Å². The summed E-state index contributed by atoms with van der Waals surface area (Å²) in [5, 5.41) is 3.22. The average molecular weight is 406 g/mol. The topological polar surface area (TPSA) is 53.9 Å². The lowest BCUT2D eigenvalue weighted by atomic mass is 10.2. The van der Waals surface area contributed by atoms with Gasteiger partial charge in [-0.15, -0.1) is 0 Å². The van der Waals surface area contributed by atoms with Crippen molar-refractivity contribution in [2.45, 2.75) is 19.2 Å². The van der Waals surface area contributed by atoms with Gasteiger partial charge in [0.1, 0.15) is 0 Å². The lowest BCUT2D eigenvalue weighted by Gasteiger charge is -2.22. The van der Waals surface area contributed by atoms with Crippen LogP contribution in [-0.4, -0.2) is 48.1 Å². The molecule has 0 heterocycles. The van der Waals surface area contributed by atoms with E-state index in [1.165, 1.54) is 13.2 Å². The van der Waals surface area contributed by atoms with Crippen LogP contribution in [-0.2, 0) is 23.1 Å². The highest BCUT2D eigenvalue weighted by atomic mass is 32.2. The molecule has 0 bridgehead atoms. The predicted octanol–water partition coefficient (Wildman–Crippen LogP) is 3.18. The van der Waals surface area contributed by atoms with Crippen LogP contribution >= 0.6 is 0 Å². The van der Waals surface area contributed by atoms with Crippen LogP contribution in [0.25, 0.3) is 0 Å². The molecule has 5 nitrogen and oxygen atoms in total. The lowest BCUT2D eigenvalue weighted by Crippen LogP contribution is -2.38. The van der Waals surface area contributed by atoms with E-state index in [1.54, 1.807) is 6.07 Å². The van der Waals surface area contributed by atoms with Crippen molar-refractivity contribution in [3.05, 3.63) is 65.5 Å². The molecule has 152 valence electrons. The van der Waals surface area contributed by atoms with Gasteiger partial charge in [-0.25, -0.2) is 4.39 Å². The molecule has 0 fully saturated rings. The van der Waals surface area contributed by atoms with E-state index in [1.807, 2.05) is 55.3 Å². The van der Waals surface area contributed by atoms with Crippen molar-refractivity contribution in [3.63, 3.8) is 0 Å². The Hall–Kier alpha value is -2.41. The summed E-state index contributed by atoms with van der Waals surface area (Å²) in [4.78, 5) is 6.49. The molecule has 1 atom stereocenters. The van der Waals surface area contributed by atoms with Crippen molar-refractivity contribution in [3.8, 4) is 5.75 Å². The summed E-state index contributed by atoms with van der Waals surface area (Å²) in [6.07, 6.45) is 0. The van der Waals surface area contributed by atoms with Crippen molar-refractivity contribution >= 4 is 16.8 Å². The molecule has 0 aliphatic carbocycles. The third-order valence-corrected chi connectivity index (χ3v) is 5.38. The average Bonchev–Trinajstić information content (AvgIpc) is 2.68. The van der Waals surface area contributed by atoms with Crippen LogP contribution in [0.5, 0.6) is 5.75 Å². The maximum absolute atomic E-state index is 13.9. The molecule has 2 rings (SSSR count). The second kappa shape index (κ2) is 11.4. The third kappa shape index (κ3) is 6.96. The summed E-state index contributed by atoms with van der Waals surface area (Å²) < 4.78 is 31.1. The van der Waals surface area contributed by atoms with E-state index in [4.69, 9.17) is 4.74 Å². The molecule has 0 saturated carbocycles. The Kier molecular flexibility index (Phi) is 8.94. The molecule has 1 N–H and O–H groups in total. The summed E-state index contributed by atoms with van der Waals surface area (Å²) in [6.45, 7) is 3.67. The van der Waals surface area contributed by atoms with Gasteiger partial charge in [-0.3, -0.25) is 9.20 Å². The lowest BCUT2D eigenvalue weighted by molar-refractivity contribution is 0.385. The molecule has 0 spiro atoms. The molecule has 0 aliphatic heterocycles. The summed E-state index contributed by atoms with van der Waals surface area (Å²) in [7, 11) is 2.37. The zero-order valence-electron chi connectivity index (χ0n) is 16.7. The number of benzene rings is 2. The number of aliphatic imine (C=N–C) groups is 1. The van der Waals surface area contributed by atoms with Crippen LogP contribution in [0.1, 0.15) is 18.1 Å². The summed E-state index contributed by atoms with van der Waals surface area (Å²) in [5.74, 6) is 1.58. The highest BCUT2D eigenvalue weighted by Gasteiger charge is 2.10. The first-order chi connectivity index (χ1) is 13.5. The van der Waals surface area contributed by atoms with E-state index < -0.39 is 10.8 Å². The molecule has 2 aromatic rings. The van der Waals surface area contributed by atoms with Crippen LogP contribution in [0, 0.1) is 5.82 Å². The molecule has 0 aliphatic rings. The number of hydrogen-bond acceptors (Lipinski definition) is 3. The standard InChI is InChI=1S/C21H28FN3O2S/c1-4-23-21(24-12-13-28(26)16-17-8-6-5-7-9-17)25(2)15-18-10-11-20(27-3)19(22)14-18/h5-11,14H,4,12-13,15-16H2,1-3H3,(H,23,24). The minimum Gasteiger partial charge on any atom is -0.494 e. The van der Waals surface area contributed by atoms with Crippen LogP contribution in [0.4, 0.5) is 4.39 Å². The van der Waals surface area contributed by atoms with Crippen molar-refractivity contribution < 1.29 is 13.3 Å². The van der Waals surface area contributed by atoms with Gasteiger partial charge in [-0.1, -0.05) is 36.4 Å². The van der Waals surface area contributed by atoms with E-state index in [0.29, 0.717) is 37.1 Å². The van der Waals surface area contributed by atoms with Gasteiger partial charge in [0, 0.05) is 42.4 Å². The van der Waals surface area contributed by atoms with Crippen molar-refractivity contribution in [2.24, 2.45) is 4.99 Å². The Morgan fingerprint density at radius 2 is 1.96 bits per heavy atom. The molecular formula is C21H28FN3O2S. The van der Waals surface area contributed by atoms with Crippen molar-refractivity contribution in [2.75, 3.05) is 33.0 Å². The Bertz CT molecular complexity index is 799. The van der Waals surface area contributed by atoms with Gasteiger partial charge in [0.05, 0.1) is 13.7 Å². The highest BCUT2D eigenvalue weighted by Crippen LogP contribution is 2.18. The molecule has 0 radical (unpaired) electrons. The SMILES string of the molecule is CCNC(=NCCS(=O)Cc1ccccc1)N(C)Cc1ccc(OC)c(F)c1. The number of hydrogen-bond donors (Lipinski definition) is 1. The fourth-order valence-corrected chi connectivity index (χ4v) is 3.72. The number of rotatable bonds is 9. The van der Waals surface area contributed by atoms with Gasteiger partial charge in [0.2, 0.25) is 0 Å². The van der Waals surface area contributed by atoms with E-state index >= 15 is 0 Å². The third-order valence-electron chi connectivity index (χ3n) is 4.08. The molecular weight excluding hydrogens is 377 g/mol. The van der Waals surface area contributed by atoms with Crippen LogP contribution in [0.2, 0.25) is 0 Å². The van der Waals surface area contributed by atoms with Crippen molar-refractivity contribution in [1.29, 1.82) is 0 Å². The van der Waals surface area contributed by atoms with Gasteiger partial charge in [-0.2, -0.15) is 0 Å². The normalized spacial score (nSPS) is 12.5. The quantitative estimate of drug-likeness (QED) is 0.514. The maximum Gasteiger partial charge on any atom is 0.193 e. The second-order valence-corrected chi connectivity index (χ2v) is 7.91. The Morgan fingerprint density at radius 3 is 2.61 bits per heavy atom. The summed E-state index contributed by atoms with van der Waals surface area (Å²) >= 11 is 0. The minimum atomic E-state index is -0.966. The zero-order valence-corrected chi connectivity index (χ0v) is 17.5. The Balaban J connectivity index is 1.93. The monoisotopic (exact) mass is 405 g/mol. The Morgan fingerprint density at radius 1 is 1.21 bits per heavy atom. The smallest absolute Gasteiger partial charge is 0.193 e. The number of methoxy groups -OCH3 is 1. The van der Waals surface area contributed by atoms with Gasteiger partial charge in [0.15, 0.2) is 17.5 Å². The van der Waals surface area contributed by atoms with E-state index in [9.17, 15) is 8.60 Å². The fourth-order valence-electron chi connectivity index (χ4n) is 2.71. The van der Waals surface area contributed by atoms with E-state index in [0.717, 1.165) is 11.1 Å². The van der Waals surface area contributed by atoms with Crippen LogP contribution < -0.4 is 10.1 Å². The van der Waals surface area contributed by atoms with Crippen molar-refractivity contribution in [1.82, 2.24) is 10.2 Å². The van der Waals surface area contributed by atoms with Gasteiger partial charge < -0.3 is 15.0 Å². The summed E-state index contributed by atoms with van der Waals surface area (Å²) in [6, 6.07) is 14.7. The van der Waals surface area contributed by atoms with Crippen LogP contribution in [0.15, 0.2) is 53.5 Å². The molecule has 0 saturated heterocycles. The predicted molar refractivity (Wildman–Crippen MR) is 114 cm³/mol. The van der Waals surface area contributed by atoms with Gasteiger partial charge >= 0.3 is 0 Å². The zero-order chi connectivity index (χ0) is 20.4. The van der Waals surface area contributed by atoms with Gasteiger partial charge in [0.25, 0.3) is 0 Å². The summed E-state index contributed by atoms with van der Waals surface area (Å²) in [5.41, 5.74) is 1.88. The number of ether oxygens (including phenoxy) is 1. The highest BCUT2D eigenvalue weighted by molar-refractivity contribution is 7.84. The van der Waals surface area contributed by atoms with E-state index in [2.05, 4.69) is 10.3 Å². The molecule has 2 aromatic carbocycles. The molecule has 28 heavy (non-hydrogen) atoms. The largest absolute Gasteiger partial charge is 0.494 e. The number of nitrogens with zero attached hydrogens (tertiary/aromatic N) is 2. The first-order valence-electron chi connectivity index (χ1n) is 9.24. The number of halogens is 1. The molecule has 0 amide bonds. The number of nitrogens with one attached hydrogen (secondary N) is 1. The maximum atomic E-state index is 13.9. The van der Waals surface area contributed by atoms with Crippen LogP contribution in [0.3, 0.4) is 0 Å².